The Labute approximate surface area is 147 Å². The molecule has 0 spiro atoms. The number of esters is 1. The van der Waals surface area contributed by atoms with E-state index in [1.807, 2.05) is 0 Å². The molecule has 3 aromatic rings. The van der Waals surface area contributed by atoms with Crippen LogP contribution in [0.2, 0.25) is 5.02 Å². The molecule has 1 N–H and O–H groups in total. The summed E-state index contributed by atoms with van der Waals surface area (Å²) in [5.41, 5.74) is 0.368. The van der Waals surface area contributed by atoms with Gasteiger partial charge in [0, 0.05) is 12.4 Å². The number of methoxy groups -OCH3 is 1. The molecule has 126 valence electrons. The van der Waals surface area contributed by atoms with Crippen LogP contribution >= 0.6 is 11.6 Å². The van der Waals surface area contributed by atoms with Crippen molar-refractivity contribution in [2.24, 2.45) is 0 Å². The van der Waals surface area contributed by atoms with Crippen molar-refractivity contribution in [2.75, 3.05) is 12.4 Å². The van der Waals surface area contributed by atoms with Crippen molar-refractivity contribution in [1.82, 2.24) is 19.7 Å². The molecule has 0 saturated carbocycles. The zero-order chi connectivity index (χ0) is 17.8. The molecule has 25 heavy (non-hydrogen) atoms. The first-order chi connectivity index (χ1) is 12.1. The summed E-state index contributed by atoms with van der Waals surface area (Å²) in [5.74, 6) is -0.649. The third kappa shape index (κ3) is 3.48. The summed E-state index contributed by atoms with van der Waals surface area (Å²) >= 11 is 6.09. The van der Waals surface area contributed by atoms with Crippen LogP contribution in [-0.4, -0.2) is 38.7 Å². The van der Waals surface area contributed by atoms with Crippen molar-refractivity contribution in [3.63, 3.8) is 0 Å². The predicted molar refractivity (Wildman–Crippen MR) is 89.9 cm³/mol. The lowest BCUT2D eigenvalue weighted by atomic mass is 10.1. The molecule has 1 amide bonds. The summed E-state index contributed by atoms with van der Waals surface area (Å²) in [5, 5.41) is 10.6. The Morgan fingerprint density at radius 3 is 2.68 bits per heavy atom. The molecule has 0 atom stereocenters. The van der Waals surface area contributed by atoms with E-state index in [1.165, 1.54) is 19.2 Å². The zero-order valence-electron chi connectivity index (χ0n) is 13.0. The minimum Gasteiger partial charge on any atom is -0.465 e. The first-order valence-electron chi connectivity index (χ1n) is 7.10. The molecule has 0 unspecified atom stereocenters. The standard InChI is InChI=1S/C16H12ClN5O3/c1-25-16(24)10-3-2-4-11(17)14(10)19-15(23)12-5-6-13(21-20-12)22-8-7-18-9-22/h2-9H,1H3,(H,19,23). The lowest BCUT2D eigenvalue weighted by Gasteiger charge is -2.11. The van der Waals surface area contributed by atoms with Crippen LogP contribution in [0.15, 0.2) is 49.1 Å². The van der Waals surface area contributed by atoms with Crippen molar-refractivity contribution in [2.45, 2.75) is 0 Å². The number of hydrogen-bond acceptors (Lipinski definition) is 6. The van der Waals surface area contributed by atoms with E-state index in [9.17, 15) is 9.59 Å². The highest BCUT2D eigenvalue weighted by molar-refractivity contribution is 6.34. The fourth-order valence-electron chi connectivity index (χ4n) is 2.09. The maximum Gasteiger partial charge on any atom is 0.340 e. The minimum atomic E-state index is -0.612. The largest absolute Gasteiger partial charge is 0.465 e. The smallest absolute Gasteiger partial charge is 0.340 e. The van der Waals surface area contributed by atoms with Crippen molar-refractivity contribution in [3.05, 3.63) is 65.3 Å². The van der Waals surface area contributed by atoms with Crippen LogP contribution in [0.3, 0.4) is 0 Å². The lowest BCUT2D eigenvalue weighted by molar-refractivity contribution is 0.0602. The van der Waals surface area contributed by atoms with Gasteiger partial charge in [-0.3, -0.25) is 9.36 Å². The highest BCUT2D eigenvalue weighted by atomic mass is 35.5. The molecular formula is C16H12ClN5O3. The van der Waals surface area contributed by atoms with Gasteiger partial charge in [-0.25, -0.2) is 9.78 Å². The quantitative estimate of drug-likeness (QED) is 0.719. The van der Waals surface area contributed by atoms with Gasteiger partial charge < -0.3 is 10.1 Å². The number of anilines is 1. The van der Waals surface area contributed by atoms with Crippen molar-refractivity contribution in [1.29, 1.82) is 0 Å². The molecule has 0 radical (unpaired) electrons. The van der Waals surface area contributed by atoms with Gasteiger partial charge in [-0.05, 0) is 24.3 Å². The maximum atomic E-state index is 12.4. The van der Waals surface area contributed by atoms with Gasteiger partial charge in [0.1, 0.15) is 6.33 Å². The molecular weight excluding hydrogens is 346 g/mol. The molecule has 2 heterocycles. The van der Waals surface area contributed by atoms with Gasteiger partial charge in [-0.1, -0.05) is 17.7 Å². The Kier molecular flexibility index (Phi) is 4.71. The molecule has 9 heteroatoms. The molecule has 0 aliphatic rings. The topological polar surface area (TPSA) is 99.0 Å². The third-order valence-corrected chi connectivity index (χ3v) is 3.62. The molecule has 0 aliphatic carbocycles. The highest BCUT2D eigenvalue weighted by Crippen LogP contribution is 2.27. The summed E-state index contributed by atoms with van der Waals surface area (Å²) in [7, 11) is 1.25. The number of carbonyl (C=O) groups excluding carboxylic acids is 2. The number of hydrogen-bond donors (Lipinski definition) is 1. The van der Waals surface area contributed by atoms with Gasteiger partial charge in [0.15, 0.2) is 11.5 Å². The molecule has 8 nitrogen and oxygen atoms in total. The second kappa shape index (κ2) is 7.10. The number of nitrogens with zero attached hydrogens (tertiary/aromatic N) is 4. The summed E-state index contributed by atoms with van der Waals surface area (Å²) in [6.45, 7) is 0. The van der Waals surface area contributed by atoms with Gasteiger partial charge >= 0.3 is 5.97 Å². The number of imidazole rings is 1. The van der Waals surface area contributed by atoms with Crippen LogP contribution in [0.1, 0.15) is 20.8 Å². The predicted octanol–water partition coefficient (Wildman–Crippen LogP) is 2.35. The molecule has 0 bridgehead atoms. The first-order valence-corrected chi connectivity index (χ1v) is 7.48. The number of para-hydroxylation sites is 1. The maximum absolute atomic E-state index is 12.4. The van der Waals surface area contributed by atoms with E-state index < -0.39 is 11.9 Å². The SMILES string of the molecule is COC(=O)c1cccc(Cl)c1NC(=O)c1ccc(-n2ccnc2)nn1. The van der Waals surface area contributed by atoms with E-state index >= 15 is 0 Å². The Hall–Kier alpha value is -3.26. The fraction of sp³-hybridized carbons (Fsp3) is 0.0625. The van der Waals surface area contributed by atoms with Gasteiger partial charge in [-0.15, -0.1) is 10.2 Å². The third-order valence-electron chi connectivity index (χ3n) is 3.31. The van der Waals surface area contributed by atoms with Crippen LogP contribution in [0, 0.1) is 0 Å². The lowest BCUT2D eigenvalue weighted by Crippen LogP contribution is -2.17. The number of amides is 1. The Balaban J connectivity index is 1.84. The van der Waals surface area contributed by atoms with Crippen LogP contribution in [0.4, 0.5) is 5.69 Å². The molecule has 3 rings (SSSR count). The van der Waals surface area contributed by atoms with Crippen molar-refractivity contribution in [3.8, 4) is 5.82 Å². The molecule has 0 aliphatic heterocycles. The van der Waals surface area contributed by atoms with Crippen LogP contribution in [0.5, 0.6) is 0 Å². The number of rotatable bonds is 4. The first kappa shape index (κ1) is 16.6. The van der Waals surface area contributed by atoms with Crippen molar-refractivity contribution < 1.29 is 14.3 Å². The van der Waals surface area contributed by atoms with E-state index in [0.717, 1.165) is 0 Å². The highest BCUT2D eigenvalue weighted by Gasteiger charge is 2.18. The normalized spacial score (nSPS) is 10.3. The average Bonchev–Trinajstić information content (AvgIpc) is 3.17. The average molecular weight is 358 g/mol. The van der Waals surface area contributed by atoms with Crippen LogP contribution in [0.25, 0.3) is 5.82 Å². The number of benzene rings is 1. The number of ether oxygens (including phenoxy) is 1. The van der Waals surface area contributed by atoms with E-state index in [0.29, 0.717) is 5.82 Å². The Morgan fingerprint density at radius 1 is 1.20 bits per heavy atom. The second-order valence-electron chi connectivity index (χ2n) is 4.85. The van der Waals surface area contributed by atoms with Gasteiger partial charge in [-0.2, -0.15) is 0 Å². The molecule has 0 saturated heterocycles. The number of carbonyl (C=O) groups is 2. The van der Waals surface area contributed by atoms with Crippen molar-refractivity contribution >= 4 is 29.2 Å². The van der Waals surface area contributed by atoms with Gasteiger partial charge in [0.25, 0.3) is 5.91 Å². The fourth-order valence-corrected chi connectivity index (χ4v) is 2.31. The Morgan fingerprint density at radius 2 is 2.04 bits per heavy atom. The number of halogens is 1. The van der Waals surface area contributed by atoms with Gasteiger partial charge in [0.2, 0.25) is 0 Å². The minimum absolute atomic E-state index is 0.0691. The Bertz CT molecular complexity index is 910. The summed E-state index contributed by atoms with van der Waals surface area (Å²) < 4.78 is 6.34. The van der Waals surface area contributed by atoms with E-state index in [2.05, 4.69) is 20.5 Å². The summed E-state index contributed by atoms with van der Waals surface area (Å²) in [6.07, 6.45) is 4.88. The number of nitrogens with one attached hydrogen (secondary N) is 1. The van der Waals surface area contributed by atoms with E-state index in [1.54, 1.807) is 41.5 Å². The molecule has 0 fully saturated rings. The molecule has 1 aromatic carbocycles. The second-order valence-corrected chi connectivity index (χ2v) is 5.26. The summed E-state index contributed by atoms with van der Waals surface area (Å²) in [4.78, 5) is 28.1. The van der Waals surface area contributed by atoms with Crippen LogP contribution < -0.4 is 5.32 Å². The monoisotopic (exact) mass is 357 g/mol. The van der Waals surface area contributed by atoms with Gasteiger partial charge in [0.05, 0.1) is 23.4 Å². The summed E-state index contributed by atoms with van der Waals surface area (Å²) in [6, 6.07) is 7.77. The van der Waals surface area contributed by atoms with E-state index in [4.69, 9.17) is 16.3 Å². The number of aromatic nitrogens is 4. The zero-order valence-corrected chi connectivity index (χ0v) is 13.8. The van der Waals surface area contributed by atoms with E-state index in [-0.39, 0.29) is 22.0 Å². The van der Waals surface area contributed by atoms with Crippen LogP contribution in [-0.2, 0) is 4.74 Å². The molecule has 2 aromatic heterocycles.